The number of primary amides is 1. The maximum atomic E-state index is 10.6. The van der Waals surface area contributed by atoms with Crippen LogP contribution in [0.1, 0.15) is 15.8 Å². The molecule has 1 rings (SSSR count). The molecule has 3 nitrogen and oxygen atoms in total. The van der Waals surface area contributed by atoms with Crippen molar-refractivity contribution in [2.75, 3.05) is 0 Å². The molecule has 1 heterocycles. The van der Waals surface area contributed by atoms with Crippen molar-refractivity contribution in [1.82, 2.24) is 0 Å². The second-order valence-electron chi connectivity index (χ2n) is 2.33. The zero-order valence-electron chi connectivity index (χ0n) is 6.20. The number of amides is 1. The zero-order valence-corrected chi connectivity index (χ0v) is 7.02. The lowest BCUT2D eigenvalue weighted by Crippen LogP contribution is -2.27. The first-order valence-electron chi connectivity index (χ1n) is 3.22. The molecule has 1 amide bonds. The highest BCUT2D eigenvalue weighted by atomic mass is 32.1. The van der Waals surface area contributed by atoms with E-state index in [1.54, 1.807) is 0 Å². The molecule has 0 aromatic carbocycles. The van der Waals surface area contributed by atoms with E-state index in [4.69, 9.17) is 11.5 Å². The maximum absolute atomic E-state index is 10.6. The number of carbonyl (C=O) groups excluding carboxylic acids is 1. The van der Waals surface area contributed by atoms with E-state index in [0.29, 0.717) is 0 Å². The molecule has 1 aromatic rings. The lowest BCUT2D eigenvalue weighted by molar-refractivity contribution is -0.119. The summed E-state index contributed by atoms with van der Waals surface area (Å²) in [5, 5.41) is 0. The molecule has 0 aliphatic carbocycles. The van der Waals surface area contributed by atoms with Gasteiger partial charge in [0.05, 0.1) is 0 Å². The molecule has 1 aromatic heterocycles. The SMILES string of the molecule is Cc1ccc([C@@H](N)C(N)=O)s1. The molecule has 0 radical (unpaired) electrons. The van der Waals surface area contributed by atoms with E-state index in [-0.39, 0.29) is 0 Å². The Morgan fingerprint density at radius 3 is 2.64 bits per heavy atom. The van der Waals surface area contributed by atoms with Crippen LogP contribution < -0.4 is 11.5 Å². The fourth-order valence-corrected chi connectivity index (χ4v) is 1.65. The molecule has 0 bridgehead atoms. The molecule has 0 fully saturated rings. The predicted molar refractivity (Wildman–Crippen MR) is 45.2 cm³/mol. The van der Waals surface area contributed by atoms with E-state index in [2.05, 4.69) is 0 Å². The summed E-state index contributed by atoms with van der Waals surface area (Å²) in [4.78, 5) is 12.6. The van der Waals surface area contributed by atoms with Gasteiger partial charge >= 0.3 is 0 Å². The first kappa shape index (κ1) is 8.23. The Morgan fingerprint density at radius 2 is 2.27 bits per heavy atom. The first-order valence-corrected chi connectivity index (χ1v) is 4.04. The van der Waals surface area contributed by atoms with Gasteiger partial charge in [0.1, 0.15) is 6.04 Å². The number of nitrogens with two attached hydrogens (primary N) is 2. The highest BCUT2D eigenvalue weighted by molar-refractivity contribution is 7.12. The minimum absolute atomic E-state index is 0.480. The number of rotatable bonds is 2. The van der Waals surface area contributed by atoms with E-state index in [1.165, 1.54) is 11.3 Å². The third-order valence-corrected chi connectivity index (χ3v) is 2.46. The third kappa shape index (κ3) is 1.78. The molecular weight excluding hydrogens is 160 g/mol. The van der Waals surface area contributed by atoms with Gasteiger partial charge in [-0.2, -0.15) is 0 Å². The molecule has 0 spiro atoms. The van der Waals surface area contributed by atoms with Crippen LogP contribution in [-0.2, 0) is 4.79 Å². The van der Waals surface area contributed by atoms with E-state index < -0.39 is 11.9 Å². The monoisotopic (exact) mass is 170 g/mol. The van der Waals surface area contributed by atoms with Crippen molar-refractivity contribution in [2.24, 2.45) is 11.5 Å². The second-order valence-corrected chi connectivity index (χ2v) is 3.65. The van der Waals surface area contributed by atoms with Crippen molar-refractivity contribution < 1.29 is 4.79 Å². The smallest absolute Gasteiger partial charge is 0.239 e. The van der Waals surface area contributed by atoms with E-state index in [9.17, 15) is 4.79 Å². The zero-order chi connectivity index (χ0) is 8.43. The molecule has 4 N–H and O–H groups in total. The van der Waals surface area contributed by atoms with Gasteiger partial charge in [-0.05, 0) is 19.1 Å². The van der Waals surface area contributed by atoms with Crippen LogP contribution in [-0.4, -0.2) is 5.91 Å². The van der Waals surface area contributed by atoms with E-state index in [0.717, 1.165) is 9.75 Å². The van der Waals surface area contributed by atoms with Crippen molar-refractivity contribution >= 4 is 17.2 Å². The summed E-state index contributed by atoms with van der Waals surface area (Å²) in [6.07, 6.45) is 0. The predicted octanol–water partition coefficient (Wildman–Crippen LogP) is 0.542. The molecule has 1 atom stereocenters. The van der Waals surface area contributed by atoms with Gasteiger partial charge in [0, 0.05) is 9.75 Å². The number of carbonyl (C=O) groups is 1. The fraction of sp³-hybridized carbons (Fsp3) is 0.286. The van der Waals surface area contributed by atoms with Crippen LogP contribution in [0, 0.1) is 6.92 Å². The van der Waals surface area contributed by atoms with Crippen molar-refractivity contribution in [1.29, 1.82) is 0 Å². The lowest BCUT2D eigenvalue weighted by atomic mass is 10.2. The quantitative estimate of drug-likeness (QED) is 0.680. The van der Waals surface area contributed by atoms with Crippen molar-refractivity contribution in [3.63, 3.8) is 0 Å². The van der Waals surface area contributed by atoms with E-state index >= 15 is 0 Å². The van der Waals surface area contributed by atoms with Gasteiger partial charge in [0.25, 0.3) is 0 Å². The second kappa shape index (κ2) is 3.02. The van der Waals surface area contributed by atoms with Crippen LogP contribution >= 0.6 is 11.3 Å². The topological polar surface area (TPSA) is 69.1 Å². The van der Waals surface area contributed by atoms with Crippen molar-refractivity contribution in [3.05, 3.63) is 21.9 Å². The van der Waals surface area contributed by atoms with Crippen molar-refractivity contribution in [2.45, 2.75) is 13.0 Å². The molecule has 11 heavy (non-hydrogen) atoms. The van der Waals surface area contributed by atoms with Gasteiger partial charge in [-0.3, -0.25) is 4.79 Å². The largest absolute Gasteiger partial charge is 0.368 e. The molecule has 0 aliphatic heterocycles. The van der Waals surface area contributed by atoms with Crippen LogP contribution in [0.5, 0.6) is 0 Å². The summed E-state index contributed by atoms with van der Waals surface area (Å²) in [5.41, 5.74) is 10.5. The molecule has 60 valence electrons. The Kier molecular flexibility index (Phi) is 2.26. The normalized spacial score (nSPS) is 12.9. The lowest BCUT2D eigenvalue weighted by Gasteiger charge is -2.01. The standard InChI is InChI=1S/C7H10N2OS/c1-4-2-3-5(11-4)6(8)7(9)10/h2-3,6H,8H2,1H3,(H2,9,10)/t6-/m1/s1. The summed E-state index contributed by atoms with van der Waals surface area (Å²) in [7, 11) is 0. The fourth-order valence-electron chi connectivity index (χ4n) is 0.761. The van der Waals surface area contributed by atoms with Crippen molar-refractivity contribution in [3.8, 4) is 0 Å². The average Bonchev–Trinajstić information content (AvgIpc) is 2.34. The summed E-state index contributed by atoms with van der Waals surface area (Å²) in [6, 6.07) is 3.10. The van der Waals surface area contributed by atoms with Gasteiger partial charge in [-0.15, -0.1) is 11.3 Å². The number of hydrogen-bond donors (Lipinski definition) is 2. The molecule has 4 heteroatoms. The highest BCUT2D eigenvalue weighted by Crippen LogP contribution is 2.20. The minimum Gasteiger partial charge on any atom is -0.368 e. The highest BCUT2D eigenvalue weighted by Gasteiger charge is 2.12. The van der Waals surface area contributed by atoms with Gasteiger partial charge in [0.15, 0.2) is 0 Å². The Morgan fingerprint density at radius 1 is 1.64 bits per heavy atom. The Hall–Kier alpha value is -0.870. The van der Waals surface area contributed by atoms with Gasteiger partial charge in [0.2, 0.25) is 5.91 Å². The number of thiophene rings is 1. The molecule has 0 saturated carbocycles. The molecular formula is C7H10N2OS. The van der Waals surface area contributed by atoms with Gasteiger partial charge in [-0.25, -0.2) is 0 Å². The molecule has 0 unspecified atom stereocenters. The molecule has 0 aliphatic rings. The number of aryl methyl sites for hydroxylation is 1. The summed E-state index contributed by atoms with van der Waals surface area (Å²) >= 11 is 1.50. The minimum atomic E-state index is -0.645. The Bertz CT molecular complexity index is 269. The van der Waals surface area contributed by atoms with Crippen LogP contribution in [0.3, 0.4) is 0 Å². The summed E-state index contributed by atoms with van der Waals surface area (Å²) < 4.78 is 0. The summed E-state index contributed by atoms with van der Waals surface area (Å²) in [5.74, 6) is -0.480. The molecule has 0 saturated heterocycles. The first-order chi connectivity index (χ1) is 5.11. The van der Waals surface area contributed by atoms with Crippen LogP contribution in [0.4, 0.5) is 0 Å². The van der Waals surface area contributed by atoms with Gasteiger partial charge < -0.3 is 11.5 Å². The Balaban J connectivity index is 2.84. The number of hydrogen-bond acceptors (Lipinski definition) is 3. The van der Waals surface area contributed by atoms with E-state index in [1.807, 2.05) is 19.1 Å². The van der Waals surface area contributed by atoms with Crippen LogP contribution in [0.25, 0.3) is 0 Å². The summed E-state index contributed by atoms with van der Waals surface area (Å²) in [6.45, 7) is 1.96. The van der Waals surface area contributed by atoms with Crippen LogP contribution in [0.2, 0.25) is 0 Å². The Labute approximate surface area is 69.0 Å². The maximum Gasteiger partial charge on any atom is 0.239 e. The van der Waals surface area contributed by atoms with Crippen LogP contribution in [0.15, 0.2) is 12.1 Å². The average molecular weight is 170 g/mol. The van der Waals surface area contributed by atoms with Gasteiger partial charge in [-0.1, -0.05) is 0 Å². The third-order valence-electron chi connectivity index (χ3n) is 1.37.